The molecule has 0 saturated heterocycles. The van der Waals surface area contributed by atoms with Gasteiger partial charge in [0.2, 0.25) is 0 Å². The second kappa shape index (κ2) is 11.6. The number of rotatable bonds is 6. The standard InChI is InChI=1S/C18H13Cl4N3O.HNO3/c19-13-2-1-12(16(21)7-13)10-26-24-18(9-25-6-5-23-11-25)15-4-3-14(20)8-17(15)22;2-1(3)4/h1-8,11H,9-10H2;(H,2,3,4)/b24-18+;. The number of benzene rings is 2. The van der Waals surface area contributed by atoms with Crippen molar-refractivity contribution in [3.05, 3.63) is 96.5 Å². The highest BCUT2D eigenvalue weighted by Crippen LogP contribution is 2.24. The highest BCUT2D eigenvalue weighted by Gasteiger charge is 2.11. The van der Waals surface area contributed by atoms with Gasteiger partial charge in [-0.15, -0.1) is 10.1 Å². The number of nitrogens with zero attached hydrogens (tertiary/aromatic N) is 4. The van der Waals surface area contributed by atoms with Crippen LogP contribution in [0.2, 0.25) is 20.1 Å². The van der Waals surface area contributed by atoms with Crippen LogP contribution in [0, 0.1) is 10.1 Å². The first kappa shape index (κ1) is 23.8. The number of oxime groups is 1. The molecule has 3 aromatic rings. The van der Waals surface area contributed by atoms with Crippen LogP contribution in [-0.4, -0.2) is 25.6 Å². The summed E-state index contributed by atoms with van der Waals surface area (Å²) in [5, 5.41) is 20.0. The zero-order valence-electron chi connectivity index (χ0n) is 15.1. The molecule has 1 N–H and O–H groups in total. The summed E-state index contributed by atoms with van der Waals surface area (Å²) in [7, 11) is 0. The zero-order valence-corrected chi connectivity index (χ0v) is 18.1. The van der Waals surface area contributed by atoms with E-state index in [1.807, 2.05) is 10.8 Å². The molecule has 2 aromatic carbocycles. The normalized spacial score (nSPS) is 10.9. The SMILES string of the molecule is Clc1ccc(CO/N=C(\Cn2ccnc2)c2ccc(Cl)cc2Cl)c(Cl)c1.O=[N+]([O-])O. The minimum atomic E-state index is -1.50. The van der Waals surface area contributed by atoms with E-state index in [2.05, 4.69) is 10.1 Å². The highest BCUT2D eigenvalue weighted by molar-refractivity contribution is 6.37. The number of hydrogen-bond donors (Lipinski definition) is 1. The predicted molar refractivity (Wildman–Crippen MR) is 115 cm³/mol. The number of aromatic nitrogens is 2. The quantitative estimate of drug-likeness (QED) is 0.268. The van der Waals surface area contributed by atoms with E-state index < -0.39 is 5.09 Å². The van der Waals surface area contributed by atoms with Crippen molar-refractivity contribution in [2.24, 2.45) is 5.16 Å². The minimum Gasteiger partial charge on any atom is -0.391 e. The molecule has 0 aliphatic heterocycles. The van der Waals surface area contributed by atoms with Crippen molar-refractivity contribution in [3.8, 4) is 0 Å². The molecule has 30 heavy (non-hydrogen) atoms. The fourth-order valence-corrected chi connectivity index (χ4v) is 3.24. The fourth-order valence-electron chi connectivity index (χ4n) is 2.26. The molecule has 3 rings (SSSR count). The first-order chi connectivity index (χ1) is 14.3. The Hall–Kier alpha value is -2.52. The summed E-state index contributed by atoms with van der Waals surface area (Å²) < 4.78 is 1.86. The lowest BCUT2D eigenvalue weighted by atomic mass is 10.1. The van der Waals surface area contributed by atoms with Crippen LogP contribution in [0.15, 0.2) is 60.3 Å². The van der Waals surface area contributed by atoms with E-state index in [-0.39, 0.29) is 6.61 Å². The van der Waals surface area contributed by atoms with Crippen LogP contribution in [0.4, 0.5) is 0 Å². The molecule has 1 aromatic heterocycles. The summed E-state index contributed by atoms with van der Waals surface area (Å²) in [6.07, 6.45) is 5.21. The van der Waals surface area contributed by atoms with E-state index >= 15 is 0 Å². The molecule has 0 fully saturated rings. The molecule has 0 radical (unpaired) electrons. The van der Waals surface area contributed by atoms with Crippen LogP contribution in [-0.2, 0) is 18.0 Å². The lowest BCUT2D eigenvalue weighted by Gasteiger charge is -2.10. The predicted octanol–water partition coefficient (Wildman–Crippen LogP) is 5.77. The maximum atomic E-state index is 8.36. The van der Waals surface area contributed by atoms with Crippen LogP contribution < -0.4 is 0 Å². The molecule has 0 amide bonds. The molecule has 0 unspecified atom stereocenters. The van der Waals surface area contributed by atoms with Gasteiger partial charge in [0, 0.05) is 38.6 Å². The molecule has 8 nitrogen and oxygen atoms in total. The van der Waals surface area contributed by atoms with Gasteiger partial charge in [-0.1, -0.05) is 57.6 Å². The summed E-state index contributed by atoms with van der Waals surface area (Å²) in [6, 6.07) is 10.4. The van der Waals surface area contributed by atoms with Gasteiger partial charge in [-0.25, -0.2) is 4.98 Å². The van der Waals surface area contributed by atoms with Crippen LogP contribution >= 0.6 is 46.4 Å². The Bertz CT molecular complexity index is 1030. The number of hydrogen-bond acceptors (Lipinski definition) is 5. The second-order valence-electron chi connectivity index (χ2n) is 5.64. The second-order valence-corrected chi connectivity index (χ2v) is 7.33. The van der Waals surface area contributed by atoms with E-state index in [1.54, 1.807) is 48.9 Å². The smallest absolute Gasteiger partial charge is 0.291 e. The third-order valence-electron chi connectivity index (χ3n) is 3.54. The Kier molecular flexibility index (Phi) is 9.19. The Labute approximate surface area is 191 Å². The van der Waals surface area contributed by atoms with Crippen LogP contribution in [0.3, 0.4) is 0 Å². The Morgan fingerprint density at radius 2 is 1.77 bits per heavy atom. The summed E-state index contributed by atoms with van der Waals surface area (Å²) in [5.74, 6) is 0. The largest absolute Gasteiger partial charge is 0.391 e. The molecule has 0 saturated carbocycles. The lowest BCUT2D eigenvalue weighted by Crippen LogP contribution is -2.12. The molecule has 0 aliphatic rings. The van der Waals surface area contributed by atoms with Gasteiger partial charge < -0.3 is 14.6 Å². The maximum absolute atomic E-state index is 8.36. The monoisotopic (exact) mass is 490 g/mol. The topological polar surface area (TPSA) is 103 Å². The van der Waals surface area contributed by atoms with Crippen molar-refractivity contribution in [2.45, 2.75) is 13.2 Å². The molecule has 158 valence electrons. The zero-order chi connectivity index (χ0) is 22.1. The van der Waals surface area contributed by atoms with E-state index in [0.717, 1.165) is 11.1 Å². The van der Waals surface area contributed by atoms with E-state index in [9.17, 15) is 0 Å². The molecular weight excluding hydrogens is 478 g/mol. The summed E-state index contributed by atoms with van der Waals surface area (Å²) in [4.78, 5) is 17.9. The number of halogens is 4. The van der Waals surface area contributed by atoms with Gasteiger partial charge in [-0.05, 0) is 30.3 Å². The Morgan fingerprint density at radius 1 is 1.13 bits per heavy atom. The van der Waals surface area contributed by atoms with Crippen molar-refractivity contribution < 1.29 is 15.1 Å². The van der Waals surface area contributed by atoms with E-state index in [1.165, 1.54) is 0 Å². The average molecular weight is 492 g/mol. The fraction of sp³-hybridized carbons (Fsp3) is 0.111. The lowest BCUT2D eigenvalue weighted by molar-refractivity contribution is -0.742. The van der Waals surface area contributed by atoms with Crippen LogP contribution in [0.25, 0.3) is 0 Å². The maximum Gasteiger partial charge on any atom is 0.291 e. The third-order valence-corrected chi connectivity index (χ3v) is 4.68. The average Bonchev–Trinajstić information content (AvgIpc) is 3.15. The van der Waals surface area contributed by atoms with Crippen molar-refractivity contribution in [1.82, 2.24) is 9.55 Å². The third kappa shape index (κ3) is 7.72. The van der Waals surface area contributed by atoms with Gasteiger partial charge >= 0.3 is 0 Å². The van der Waals surface area contributed by atoms with Crippen molar-refractivity contribution >= 4 is 52.1 Å². The van der Waals surface area contributed by atoms with Gasteiger partial charge in [0.1, 0.15) is 12.3 Å². The van der Waals surface area contributed by atoms with Gasteiger partial charge in [0.15, 0.2) is 0 Å². The van der Waals surface area contributed by atoms with Crippen LogP contribution in [0.1, 0.15) is 11.1 Å². The Balaban J connectivity index is 0.000000735. The van der Waals surface area contributed by atoms with Crippen molar-refractivity contribution in [3.63, 3.8) is 0 Å². The van der Waals surface area contributed by atoms with Gasteiger partial charge in [-0.3, -0.25) is 0 Å². The number of imidazole rings is 1. The highest BCUT2D eigenvalue weighted by atomic mass is 35.5. The molecular formula is C18H14Cl4N4O4. The molecule has 12 heteroatoms. The van der Waals surface area contributed by atoms with Crippen molar-refractivity contribution in [1.29, 1.82) is 0 Å². The minimum absolute atomic E-state index is 0.203. The first-order valence-electron chi connectivity index (χ1n) is 8.13. The molecule has 0 aliphatic carbocycles. The van der Waals surface area contributed by atoms with Gasteiger partial charge in [0.25, 0.3) is 5.09 Å². The molecule has 1 heterocycles. The molecule has 0 bridgehead atoms. The van der Waals surface area contributed by atoms with Crippen molar-refractivity contribution in [2.75, 3.05) is 0 Å². The summed E-state index contributed by atoms with van der Waals surface area (Å²) in [6.45, 7) is 0.643. The summed E-state index contributed by atoms with van der Waals surface area (Å²) >= 11 is 24.4. The van der Waals surface area contributed by atoms with Gasteiger partial charge in [0.05, 0.1) is 17.9 Å². The van der Waals surface area contributed by atoms with E-state index in [0.29, 0.717) is 32.3 Å². The first-order valence-corrected chi connectivity index (χ1v) is 9.64. The van der Waals surface area contributed by atoms with Gasteiger partial charge in [-0.2, -0.15) is 0 Å². The van der Waals surface area contributed by atoms with E-state index in [4.69, 9.17) is 66.6 Å². The molecule has 0 atom stereocenters. The molecule has 0 spiro atoms. The summed E-state index contributed by atoms with van der Waals surface area (Å²) in [5.41, 5.74) is 2.14. The Morgan fingerprint density at radius 3 is 2.33 bits per heavy atom. The van der Waals surface area contributed by atoms with Crippen LogP contribution in [0.5, 0.6) is 0 Å².